The lowest BCUT2D eigenvalue weighted by Gasteiger charge is -2.11. The summed E-state index contributed by atoms with van der Waals surface area (Å²) >= 11 is 3.43. The molecule has 0 fully saturated rings. The van der Waals surface area contributed by atoms with Crippen LogP contribution >= 0.6 is 15.9 Å². The Morgan fingerprint density at radius 2 is 1.76 bits per heavy atom. The fraction of sp³-hybridized carbons (Fsp3) is 0.0769. The molecule has 166 valence electrons. The van der Waals surface area contributed by atoms with E-state index in [0.29, 0.717) is 23.7 Å². The number of rotatable bonds is 8. The van der Waals surface area contributed by atoms with Gasteiger partial charge in [-0.2, -0.15) is 5.10 Å². The van der Waals surface area contributed by atoms with Crippen LogP contribution in [0.2, 0.25) is 0 Å². The summed E-state index contributed by atoms with van der Waals surface area (Å²) in [6.07, 6.45) is 5.35. The number of ether oxygens (including phenoxy) is 2. The van der Waals surface area contributed by atoms with Gasteiger partial charge in [-0.05, 0) is 65.7 Å². The van der Waals surface area contributed by atoms with Crippen LogP contribution in [0.5, 0.6) is 11.5 Å². The van der Waals surface area contributed by atoms with Crippen LogP contribution in [0.15, 0.2) is 101 Å². The molecule has 0 aliphatic rings. The van der Waals surface area contributed by atoms with Crippen molar-refractivity contribution in [2.24, 2.45) is 5.10 Å². The predicted molar refractivity (Wildman–Crippen MR) is 132 cm³/mol. The third kappa shape index (κ3) is 5.70. The normalized spacial score (nSPS) is 10.8. The minimum absolute atomic E-state index is 0.296. The second kappa shape index (κ2) is 10.7. The molecule has 0 spiro atoms. The highest BCUT2D eigenvalue weighted by atomic mass is 79.9. The van der Waals surface area contributed by atoms with Gasteiger partial charge in [0.2, 0.25) is 0 Å². The Hall–Kier alpha value is -3.84. The number of carbonyl (C=O) groups is 1. The fourth-order valence-electron chi connectivity index (χ4n) is 3.24. The molecule has 33 heavy (non-hydrogen) atoms. The zero-order chi connectivity index (χ0) is 23.0. The zero-order valence-electron chi connectivity index (χ0n) is 17.9. The van der Waals surface area contributed by atoms with E-state index in [-0.39, 0.29) is 5.91 Å². The number of para-hydroxylation sites is 1. The summed E-state index contributed by atoms with van der Waals surface area (Å²) in [5, 5.41) is 4.13. The molecule has 0 aliphatic carbocycles. The van der Waals surface area contributed by atoms with Gasteiger partial charge in [0.25, 0.3) is 5.91 Å². The molecule has 1 aromatic heterocycles. The largest absolute Gasteiger partial charge is 0.493 e. The first-order valence-electron chi connectivity index (χ1n) is 10.2. The molecule has 0 saturated heterocycles. The number of amides is 1. The summed E-state index contributed by atoms with van der Waals surface area (Å²) in [7, 11) is 1.60. The molecule has 4 aromatic rings. The maximum atomic E-state index is 12.7. The average Bonchev–Trinajstić information content (AvgIpc) is 3.39. The van der Waals surface area contributed by atoms with Crippen molar-refractivity contribution in [3.63, 3.8) is 0 Å². The van der Waals surface area contributed by atoms with Crippen LogP contribution in [0.25, 0.3) is 5.69 Å². The van der Waals surface area contributed by atoms with Crippen LogP contribution in [-0.2, 0) is 6.61 Å². The van der Waals surface area contributed by atoms with E-state index in [2.05, 4.69) is 26.5 Å². The van der Waals surface area contributed by atoms with Gasteiger partial charge in [-0.15, -0.1) is 0 Å². The van der Waals surface area contributed by atoms with Gasteiger partial charge in [0.15, 0.2) is 11.5 Å². The molecule has 0 unspecified atom stereocenters. The Bertz CT molecular complexity index is 1250. The summed E-state index contributed by atoms with van der Waals surface area (Å²) < 4.78 is 14.3. The van der Waals surface area contributed by atoms with E-state index in [4.69, 9.17) is 9.47 Å². The molecule has 0 atom stereocenters. The number of nitrogens with one attached hydrogen (secondary N) is 1. The molecular formula is C26H22BrN3O3. The smallest absolute Gasteiger partial charge is 0.273 e. The van der Waals surface area contributed by atoms with Crippen molar-refractivity contribution >= 4 is 28.1 Å². The predicted octanol–water partition coefficient (Wildman–Crippen LogP) is 5.59. The Kier molecular flexibility index (Phi) is 7.22. The number of nitrogens with zero attached hydrogens (tertiary/aromatic N) is 2. The molecule has 0 saturated carbocycles. The van der Waals surface area contributed by atoms with Crippen LogP contribution in [0.3, 0.4) is 0 Å². The first-order valence-corrected chi connectivity index (χ1v) is 11.0. The number of halogens is 1. The van der Waals surface area contributed by atoms with Gasteiger partial charge in [-0.25, -0.2) is 5.43 Å². The Morgan fingerprint density at radius 3 is 2.52 bits per heavy atom. The molecule has 6 nitrogen and oxygen atoms in total. The maximum Gasteiger partial charge on any atom is 0.273 e. The van der Waals surface area contributed by atoms with Gasteiger partial charge in [0.05, 0.1) is 24.6 Å². The summed E-state index contributed by atoms with van der Waals surface area (Å²) in [5.41, 5.74) is 5.71. The van der Waals surface area contributed by atoms with E-state index in [1.807, 2.05) is 83.7 Å². The van der Waals surface area contributed by atoms with E-state index >= 15 is 0 Å². The highest BCUT2D eigenvalue weighted by Crippen LogP contribution is 2.28. The van der Waals surface area contributed by atoms with Crippen LogP contribution < -0.4 is 14.9 Å². The van der Waals surface area contributed by atoms with Crippen molar-refractivity contribution < 1.29 is 14.3 Å². The first kappa shape index (κ1) is 22.4. The molecule has 0 bridgehead atoms. The molecule has 0 radical (unpaired) electrons. The lowest BCUT2D eigenvalue weighted by Crippen LogP contribution is -2.19. The summed E-state index contributed by atoms with van der Waals surface area (Å²) in [6.45, 7) is 0.400. The number of hydrogen-bond donors (Lipinski definition) is 1. The minimum atomic E-state index is -0.296. The van der Waals surface area contributed by atoms with Gasteiger partial charge in [0, 0.05) is 16.9 Å². The highest BCUT2D eigenvalue weighted by molar-refractivity contribution is 9.10. The third-order valence-corrected chi connectivity index (χ3v) is 5.43. The molecule has 4 rings (SSSR count). The van der Waals surface area contributed by atoms with Crippen molar-refractivity contribution in [1.29, 1.82) is 0 Å². The van der Waals surface area contributed by atoms with Crippen molar-refractivity contribution in [3.8, 4) is 17.2 Å². The third-order valence-electron chi connectivity index (χ3n) is 4.91. The number of aromatic nitrogens is 1. The highest BCUT2D eigenvalue weighted by Gasteiger charge is 2.11. The van der Waals surface area contributed by atoms with Crippen LogP contribution in [0, 0.1) is 0 Å². The van der Waals surface area contributed by atoms with Crippen LogP contribution in [-0.4, -0.2) is 23.8 Å². The molecule has 3 aromatic carbocycles. The van der Waals surface area contributed by atoms with E-state index in [9.17, 15) is 4.79 Å². The van der Waals surface area contributed by atoms with E-state index in [0.717, 1.165) is 21.3 Å². The monoisotopic (exact) mass is 503 g/mol. The second-order valence-electron chi connectivity index (χ2n) is 7.13. The minimum Gasteiger partial charge on any atom is -0.493 e. The summed E-state index contributed by atoms with van der Waals surface area (Å²) in [6, 6.07) is 24.6. The molecule has 0 aliphatic heterocycles. The fourth-order valence-corrected chi connectivity index (χ4v) is 3.50. The second-order valence-corrected chi connectivity index (χ2v) is 8.05. The van der Waals surface area contributed by atoms with Gasteiger partial charge in [0.1, 0.15) is 6.61 Å². The summed E-state index contributed by atoms with van der Waals surface area (Å²) in [5.74, 6) is 0.915. The molecule has 1 amide bonds. The van der Waals surface area contributed by atoms with Crippen molar-refractivity contribution in [1.82, 2.24) is 9.99 Å². The van der Waals surface area contributed by atoms with Crippen LogP contribution in [0.1, 0.15) is 21.5 Å². The Balaban J connectivity index is 1.45. The van der Waals surface area contributed by atoms with Crippen molar-refractivity contribution in [2.75, 3.05) is 7.11 Å². The topological polar surface area (TPSA) is 64.8 Å². The molecule has 1 heterocycles. The summed E-state index contributed by atoms with van der Waals surface area (Å²) in [4.78, 5) is 12.7. The van der Waals surface area contributed by atoms with Gasteiger partial charge in [-0.3, -0.25) is 4.79 Å². The van der Waals surface area contributed by atoms with E-state index in [1.165, 1.54) is 0 Å². The molecular weight excluding hydrogens is 482 g/mol. The van der Waals surface area contributed by atoms with E-state index in [1.54, 1.807) is 25.5 Å². The standard InChI is InChI=1S/C26H22BrN3O3/c1-32-24-13-10-20(16-25(24)33-18-19-8-11-21(27)12-9-19)17-28-29-26(31)22-6-2-3-7-23(22)30-14-4-5-15-30/h2-17H,18H2,1H3,(H,29,31)/b28-17-. The van der Waals surface area contributed by atoms with Gasteiger partial charge >= 0.3 is 0 Å². The lowest BCUT2D eigenvalue weighted by atomic mass is 10.1. The Labute approximate surface area is 200 Å². The quantitative estimate of drug-likeness (QED) is 0.251. The van der Waals surface area contributed by atoms with Crippen molar-refractivity contribution in [2.45, 2.75) is 6.61 Å². The number of hydrazone groups is 1. The van der Waals surface area contributed by atoms with Gasteiger partial charge in [-0.1, -0.05) is 40.2 Å². The maximum absolute atomic E-state index is 12.7. The van der Waals surface area contributed by atoms with Crippen molar-refractivity contribution in [3.05, 3.63) is 112 Å². The number of hydrogen-bond acceptors (Lipinski definition) is 4. The number of methoxy groups -OCH3 is 1. The molecule has 7 heteroatoms. The molecule has 1 N–H and O–H groups in total. The van der Waals surface area contributed by atoms with Crippen LogP contribution in [0.4, 0.5) is 0 Å². The zero-order valence-corrected chi connectivity index (χ0v) is 19.5. The number of benzene rings is 3. The van der Waals surface area contributed by atoms with E-state index < -0.39 is 0 Å². The van der Waals surface area contributed by atoms with Gasteiger partial charge < -0.3 is 14.0 Å². The average molecular weight is 504 g/mol. The SMILES string of the molecule is COc1ccc(/C=N\NC(=O)c2ccccc2-n2cccc2)cc1OCc1ccc(Br)cc1. The first-order chi connectivity index (χ1) is 16.1. The Morgan fingerprint density at radius 1 is 1.00 bits per heavy atom. The number of carbonyl (C=O) groups excluding carboxylic acids is 1. The lowest BCUT2D eigenvalue weighted by molar-refractivity contribution is 0.0955.